The largest absolute Gasteiger partial charge is 0.469 e. The molecule has 15 heavy (non-hydrogen) atoms. The molecule has 4 nitrogen and oxygen atoms in total. The Kier molecular flexibility index (Phi) is 3.73. The highest BCUT2D eigenvalue weighted by molar-refractivity contribution is 5.73. The summed E-state index contributed by atoms with van der Waals surface area (Å²) in [5.41, 5.74) is 0. The lowest BCUT2D eigenvalue weighted by Crippen LogP contribution is -2.56. The standard InChI is InChI=1S/C11H22NO3/c1-12(2,3)9-7-5-6-8(10(9)13)11(14)15-4/h8-10,13H,5-7H2,1-4H3/q+1/t8?,9?,10-/m0/s1. The van der Waals surface area contributed by atoms with E-state index < -0.39 is 6.10 Å². The van der Waals surface area contributed by atoms with E-state index in [4.69, 9.17) is 4.74 Å². The average molecular weight is 216 g/mol. The fourth-order valence-electron chi connectivity index (χ4n) is 2.41. The molecule has 0 radical (unpaired) electrons. The summed E-state index contributed by atoms with van der Waals surface area (Å²) in [5.74, 6) is -0.619. The van der Waals surface area contributed by atoms with Gasteiger partial charge in [-0.1, -0.05) is 0 Å². The van der Waals surface area contributed by atoms with Crippen LogP contribution in [0.1, 0.15) is 19.3 Å². The van der Waals surface area contributed by atoms with E-state index >= 15 is 0 Å². The SMILES string of the molecule is COC(=O)C1CCCC([N+](C)(C)C)[C@H]1O. The lowest BCUT2D eigenvalue weighted by Gasteiger charge is -2.42. The summed E-state index contributed by atoms with van der Waals surface area (Å²) < 4.78 is 5.40. The summed E-state index contributed by atoms with van der Waals surface area (Å²) in [7, 11) is 7.53. The first-order valence-electron chi connectivity index (χ1n) is 5.45. The monoisotopic (exact) mass is 216 g/mol. The van der Waals surface area contributed by atoms with Gasteiger partial charge in [-0.3, -0.25) is 4.79 Å². The molecule has 0 aromatic heterocycles. The van der Waals surface area contributed by atoms with Gasteiger partial charge >= 0.3 is 5.97 Å². The second-order valence-electron chi connectivity index (χ2n) is 5.23. The smallest absolute Gasteiger partial charge is 0.311 e. The van der Waals surface area contributed by atoms with E-state index in [9.17, 15) is 9.90 Å². The molecular formula is C11H22NO3+. The maximum absolute atomic E-state index is 11.5. The van der Waals surface area contributed by atoms with E-state index in [0.29, 0.717) is 4.48 Å². The van der Waals surface area contributed by atoms with Crippen molar-refractivity contribution in [1.29, 1.82) is 0 Å². The molecule has 0 saturated heterocycles. The zero-order valence-corrected chi connectivity index (χ0v) is 10.1. The first-order valence-corrected chi connectivity index (χ1v) is 5.45. The molecule has 0 heterocycles. The van der Waals surface area contributed by atoms with Gasteiger partial charge < -0.3 is 14.3 Å². The third-order valence-corrected chi connectivity index (χ3v) is 3.32. The number of aliphatic hydroxyl groups excluding tert-OH is 1. The summed E-state index contributed by atoms with van der Waals surface area (Å²) in [6.45, 7) is 0. The van der Waals surface area contributed by atoms with Gasteiger partial charge in [0, 0.05) is 6.42 Å². The minimum atomic E-state index is -0.578. The predicted octanol–water partition coefficient (Wildman–Crippen LogP) is 0.395. The molecule has 1 aliphatic carbocycles. The fraction of sp³-hybridized carbons (Fsp3) is 0.909. The quantitative estimate of drug-likeness (QED) is 0.537. The summed E-state index contributed by atoms with van der Waals surface area (Å²) in [6, 6.07) is 0.128. The van der Waals surface area contributed by atoms with E-state index in [-0.39, 0.29) is 17.9 Å². The summed E-state index contributed by atoms with van der Waals surface area (Å²) in [5, 5.41) is 10.1. The number of nitrogens with zero attached hydrogens (tertiary/aromatic N) is 1. The zero-order chi connectivity index (χ0) is 11.6. The normalized spacial score (nSPS) is 32.5. The highest BCUT2D eigenvalue weighted by atomic mass is 16.5. The van der Waals surface area contributed by atoms with Crippen molar-refractivity contribution in [2.45, 2.75) is 31.4 Å². The van der Waals surface area contributed by atoms with Crippen molar-refractivity contribution in [3.8, 4) is 0 Å². The molecule has 2 unspecified atom stereocenters. The van der Waals surface area contributed by atoms with Crippen LogP contribution in [-0.2, 0) is 9.53 Å². The molecule has 1 aliphatic rings. The predicted molar refractivity (Wildman–Crippen MR) is 57.2 cm³/mol. The molecule has 4 heteroatoms. The molecule has 1 saturated carbocycles. The van der Waals surface area contributed by atoms with Crippen LogP contribution in [0.25, 0.3) is 0 Å². The number of hydrogen-bond acceptors (Lipinski definition) is 3. The Balaban J connectivity index is 2.75. The second kappa shape index (κ2) is 4.49. The van der Waals surface area contributed by atoms with Gasteiger partial charge in [0.1, 0.15) is 12.1 Å². The minimum absolute atomic E-state index is 0.128. The molecule has 1 fully saturated rings. The van der Waals surface area contributed by atoms with Crippen LogP contribution in [0.2, 0.25) is 0 Å². The van der Waals surface area contributed by atoms with Gasteiger partial charge in [-0.2, -0.15) is 0 Å². The fourth-order valence-corrected chi connectivity index (χ4v) is 2.41. The molecule has 0 amide bonds. The van der Waals surface area contributed by atoms with Crippen LogP contribution >= 0.6 is 0 Å². The van der Waals surface area contributed by atoms with Crippen LogP contribution in [0.5, 0.6) is 0 Å². The van der Waals surface area contributed by atoms with Crippen molar-refractivity contribution in [3.05, 3.63) is 0 Å². The molecule has 3 atom stereocenters. The van der Waals surface area contributed by atoms with E-state index in [1.807, 2.05) is 21.1 Å². The number of methoxy groups -OCH3 is 1. The highest BCUT2D eigenvalue weighted by Crippen LogP contribution is 2.30. The molecule has 0 bridgehead atoms. The zero-order valence-electron chi connectivity index (χ0n) is 10.1. The molecule has 0 spiro atoms. The summed E-state index contributed by atoms with van der Waals surface area (Å²) in [6.07, 6.45) is 2.12. The Morgan fingerprint density at radius 2 is 1.93 bits per heavy atom. The number of esters is 1. The van der Waals surface area contributed by atoms with Gasteiger partial charge in [0.15, 0.2) is 0 Å². The number of quaternary nitrogens is 1. The average Bonchev–Trinajstić information content (AvgIpc) is 2.15. The van der Waals surface area contributed by atoms with E-state index in [0.717, 1.165) is 19.3 Å². The maximum atomic E-state index is 11.5. The van der Waals surface area contributed by atoms with Crippen molar-refractivity contribution in [1.82, 2.24) is 0 Å². The number of aliphatic hydroxyl groups is 1. The second-order valence-corrected chi connectivity index (χ2v) is 5.23. The number of ether oxygens (including phenoxy) is 1. The summed E-state index contributed by atoms with van der Waals surface area (Å²) in [4.78, 5) is 11.5. The molecule has 0 aromatic rings. The molecule has 0 aliphatic heterocycles. The Morgan fingerprint density at radius 1 is 1.33 bits per heavy atom. The van der Waals surface area contributed by atoms with Crippen molar-refractivity contribution >= 4 is 5.97 Å². The Labute approximate surface area is 91.4 Å². The van der Waals surface area contributed by atoms with Crippen LogP contribution in [0.4, 0.5) is 0 Å². The third kappa shape index (κ3) is 2.69. The Hall–Kier alpha value is -0.610. The van der Waals surface area contributed by atoms with Crippen LogP contribution in [0.3, 0.4) is 0 Å². The highest BCUT2D eigenvalue weighted by Gasteiger charge is 2.43. The van der Waals surface area contributed by atoms with Gasteiger partial charge in [-0.05, 0) is 12.8 Å². The Morgan fingerprint density at radius 3 is 2.40 bits per heavy atom. The van der Waals surface area contributed by atoms with Crippen LogP contribution < -0.4 is 0 Å². The van der Waals surface area contributed by atoms with E-state index in [2.05, 4.69) is 0 Å². The number of carbonyl (C=O) groups is 1. The maximum Gasteiger partial charge on any atom is 0.311 e. The number of likely N-dealkylation sites (N-methyl/N-ethyl adjacent to an activating group) is 1. The van der Waals surface area contributed by atoms with Gasteiger partial charge in [-0.25, -0.2) is 0 Å². The third-order valence-electron chi connectivity index (χ3n) is 3.32. The van der Waals surface area contributed by atoms with Gasteiger partial charge in [0.2, 0.25) is 0 Å². The van der Waals surface area contributed by atoms with E-state index in [1.165, 1.54) is 7.11 Å². The van der Waals surface area contributed by atoms with Gasteiger partial charge in [0.25, 0.3) is 0 Å². The molecule has 0 aromatic carbocycles. The van der Waals surface area contributed by atoms with Crippen molar-refractivity contribution in [3.63, 3.8) is 0 Å². The molecule has 88 valence electrons. The minimum Gasteiger partial charge on any atom is -0.469 e. The topological polar surface area (TPSA) is 46.5 Å². The lowest BCUT2D eigenvalue weighted by atomic mass is 9.81. The van der Waals surface area contributed by atoms with E-state index in [1.54, 1.807) is 0 Å². The first kappa shape index (κ1) is 12.5. The number of rotatable bonds is 2. The van der Waals surface area contributed by atoms with Crippen LogP contribution in [0, 0.1) is 5.92 Å². The van der Waals surface area contributed by atoms with Gasteiger partial charge in [-0.15, -0.1) is 0 Å². The Bertz CT molecular complexity index is 234. The molecular weight excluding hydrogens is 194 g/mol. The number of carbonyl (C=O) groups excluding carboxylic acids is 1. The van der Waals surface area contributed by atoms with Crippen molar-refractivity contribution < 1.29 is 19.1 Å². The molecule has 1 rings (SSSR count). The van der Waals surface area contributed by atoms with Gasteiger partial charge in [0.05, 0.1) is 34.2 Å². The van der Waals surface area contributed by atoms with Crippen molar-refractivity contribution in [2.24, 2.45) is 5.92 Å². The lowest BCUT2D eigenvalue weighted by molar-refractivity contribution is -0.901. The van der Waals surface area contributed by atoms with Crippen molar-refractivity contribution in [2.75, 3.05) is 28.3 Å². The first-order chi connectivity index (χ1) is 6.88. The number of hydrogen-bond donors (Lipinski definition) is 1. The summed E-state index contributed by atoms with van der Waals surface area (Å²) >= 11 is 0. The van der Waals surface area contributed by atoms with Crippen LogP contribution in [0.15, 0.2) is 0 Å². The molecule has 1 N–H and O–H groups in total. The van der Waals surface area contributed by atoms with Crippen LogP contribution in [-0.4, -0.2) is 56.0 Å².